The second-order valence-corrected chi connectivity index (χ2v) is 8.69. The molecule has 0 aromatic carbocycles. The van der Waals surface area contributed by atoms with Crippen LogP contribution >= 0.6 is 0 Å². The van der Waals surface area contributed by atoms with E-state index in [-0.39, 0.29) is 24.4 Å². The van der Waals surface area contributed by atoms with Crippen molar-refractivity contribution in [2.75, 3.05) is 19.7 Å². The van der Waals surface area contributed by atoms with Crippen LogP contribution in [-0.2, 0) is 16.6 Å². The van der Waals surface area contributed by atoms with Crippen LogP contribution in [0.4, 0.5) is 0 Å². The summed E-state index contributed by atoms with van der Waals surface area (Å²) in [4.78, 5) is 19.3. The first-order valence-corrected chi connectivity index (χ1v) is 9.42. The smallest absolute Gasteiger partial charge is 0.179 e. The number of fused-ring (bicyclic) bond motifs is 1. The van der Waals surface area contributed by atoms with Crippen LogP contribution in [0.2, 0.25) is 0 Å². The summed E-state index contributed by atoms with van der Waals surface area (Å²) in [5.74, 6) is -0.113. The molecule has 26 heavy (non-hydrogen) atoms. The van der Waals surface area contributed by atoms with Gasteiger partial charge in [0.05, 0.1) is 12.3 Å². The minimum atomic E-state index is -0.464. The third-order valence-corrected chi connectivity index (χ3v) is 6.41. The number of hydrogen-bond donors (Lipinski definition) is 1. The zero-order valence-electron chi connectivity index (χ0n) is 15.5. The van der Waals surface area contributed by atoms with Crippen molar-refractivity contribution in [3.8, 4) is 6.07 Å². The summed E-state index contributed by atoms with van der Waals surface area (Å²) >= 11 is 0. The number of nitriles is 1. The summed E-state index contributed by atoms with van der Waals surface area (Å²) < 4.78 is 0. The van der Waals surface area contributed by atoms with Crippen LogP contribution in [0.15, 0.2) is 17.8 Å². The molecule has 3 aliphatic rings. The zero-order chi connectivity index (χ0) is 18.5. The minimum absolute atomic E-state index is 0.00585. The third kappa shape index (κ3) is 2.73. The predicted molar refractivity (Wildman–Crippen MR) is 98.1 cm³/mol. The lowest BCUT2D eigenvalue weighted by Gasteiger charge is -2.38. The molecular weight excluding hydrogens is 326 g/mol. The number of carbonyl (C=O) groups excluding carboxylic acids is 1. The lowest BCUT2D eigenvalue weighted by molar-refractivity contribution is -0.114. The second kappa shape index (κ2) is 5.92. The van der Waals surface area contributed by atoms with Crippen LogP contribution in [0.5, 0.6) is 0 Å². The summed E-state index contributed by atoms with van der Waals surface area (Å²) in [5, 5.41) is 19.4. The highest BCUT2D eigenvalue weighted by Crippen LogP contribution is 2.54. The molecule has 1 aromatic rings. The highest BCUT2D eigenvalue weighted by molar-refractivity contribution is 6.09. The monoisotopic (exact) mass is 351 g/mol. The number of aliphatic hydroxyl groups is 1. The van der Waals surface area contributed by atoms with Crippen molar-refractivity contribution in [3.63, 3.8) is 0 Å². The SMILES string of the molecule is CC(C)(CO)c1cc2c(cn1)CC(=O)C(C#N)=C2N1CCC2(CC1)CC2. The highest BCUT2D eigenvalue weighted by atomic mass is 16.3. The van der Waals surface area contributed by atoms with Gasteiger partial charge in [-0.15, -0.1) is 0 Å². The van der Waals surface area contributed by atoms with Crippen LogP contribution in [0.1, 0.15) is 56.4 Å². The van der Waals surface area contributed by atoms with Gasteiger partial charge in [-0.25, -0.2) is 0 Å². The highest BCUT2D eigenvalue weighted by Gasteiger charge is 2.45. The summed E-state index contributed by atoms with van der Waals surface area (Å²) in [5.41, 5.74) is 3.75. The number of aromatic nitrogens is 1. The maximum atomic E-state index is 12.5. The molecule has 1 N–H and O–H groups in total. The van der Waals surface area contributed by atoms with Gasteiger partial charge in [0, 0.05) is 42.4 Å². The van der Waals surface area contributed by atoms with Crippen LogP contribution in [-0.4, -0.2) is 40.5 Å². The minimum Gasteiger partial charge on any atom is -0.395 e. The normalized spacial score (nSPS) is 21.6. The van der Waals surface area contributed by atoms with Gasteiger partial charge in [-0.3, -0.25) is 9.78 Å². The van der Waals surface area contributed by atoms with Gasteiger partial charge in [-0.1, -0.05) is 13.8 Å². The molecule has 0 atom stereocenters. The maximum absolute atomic E-state index is 12.5. The fourth-order valence-electron chi connectivity index (χ4n) is 4.15. The molecule has 1 saturated heterocycles. The Labute approximate surface area is 154 Å². The molecule has 0 radical (unpaired) electrons. The lowest BCUT2D eigenvalue weighted by atomic mass is 9.83. The fourth-order valence-corrected chi connectivity index (χ4v) is 4.15. The molecule has 5 heteroatoms. The Morgan fingerprint density at radius 2 is 2.00 bits per heavy atom. The second-order valence-electron chi connectivity index (χ2n) is 8.69. The van der Waals surface area contributed by atoms with E-state index in [9.17, 15) is 15.2 Å². The molecule has 136 valence electrons. The predicted octanol–water partition coefficient (Wildman–Crippen LogP) is 2.59. The van der Waals surface area contributed by atoms with E-state index in [0.29, 0.717) is 5.41 Å². The molecule has 2 fully saturated rings. The number of nitrogens with zero attached hydrogens (tertiary/aromatic N) is 3. The summed E-state index contributed by atoms with van der Waals surface area (Å²) in [6, 6.07) is 4.15. The molecule has 0 unspecified atom stereocenters. The third-order valence-electron chi connectivity index (χ3n) is 6.41. The van der Waals surface area contributed by atoms with Gasteiger partial charge in [0.25, 0.3) is 0 Å². The molecule has 2 heterocycles. The summed E-state index contributed by atoms with van der Waals surface area (Å²) in [7, 11) is 0. The first kappa shape index (κ1) is 17.2. The van der Waals surface area contributed by atoms with Gasteiger partial charge in [0.2, 0.25) is 0 Å². The fraction of sp³-hybridized carbons (Fsp3) is 0.571. The van der Waals surface area contributed by atoms with E-state index in [1.807, 2.05) is 19.9 Å². The van der Waals surface area contributed by atoms with Crippen LogP contribution in [0.25, 0.3) is 5.70 Å². The van der Waals surface area contributed by atoms with E-state index in [1.165, 1.54) is 12.8 Å². The standard InChI is InChI=1S/C21H25N3O2/c1-20(2,13-25)18-10-15-14(12-23-18)9-17(26)16(11-22)19(15)24-7-5-21(3-4-21)6-8-24/h10,12,25H,3-9,13H2,1-2H3. The number of pyridine rings is 1. The van der Waals surface area contributed by atoms with Gasteiger partial charge in [0.1, 0.15) is 11.6 Å². The number of allylic oxidation sites excluding steroid dienone is 1. The Kier molecular flexibility index (Phi) is 3.92. The van der Waals surface area contributed by atoms with Gasteiger partial charge in [-0.05, 0) is 42.7 Å². The molecule has 0 amide bonds. The van der Waals surface area contributed by atoms with Crippen molar-refractivity contribution in [2.24, 2.45) is 5.41 Å². The van der Waals surface area contributed by atoms with Crippen molar-refractivity contribution in [1.82, 2.24) is 9.88 Å². The van der Waals surface area contributed by atoms with Crippen LogP contribution in [0.3, 0.4) is 0 Å². The molecule has 1 spiro atoms. The summed E-state index contributed by atoms with van der Waals surface area (Å²) in [6.45, 7) is 5.68. The van der Waals surface area contributed by atoms with Crippen LogP contribution in [0, 0.1) is 16.7 Å². The van der Waals surface area contributed by atoms with Gasteiger partial charge in [-0.2, -0.15) is 5.26 Å². The number of aliphatic hydroxyl groups excluding tert-OH is 1. The maximum Gasteiger partial charge on any atom is 0.179 e. The molecule has 1 aromatic heterocycles. The Balaban J connectivity index is 1.78. The number of likely N-dealkylation sites (tertiary alicyclic amines) is 1. The number of carbonyl (C=O) groups is 1. The Bertz CT molecular complexity index is 833. The van der Waals surface area contributed by atoms with Crippen molar-refractivity contribution in [2.45, 2.75) is 51.4 Å². The largest absolute Gasteiger partial charge is 0.395 e. The van der Waals surface area contributed by atoms with Crippen molar-refractivity contribution in [1.29, 1.82) is 5.26 Å². The van der Waals surface area contributed by atoms with E-state index >= 15 is 0 Å². The average Bonchev–Trinajstić information content (AvgIpc) is 3.40. The van der Waals surface area contributed by atoms with E-state index in [1.54, 1.807) is 6.20 Å². The van der Waals surface area contributed by atoms with Crippen molar-refractivity contribution < 1.29 is 9.90 Å². The number of ketones is 1. The zero-order valence-corrected chi connectivity index (χ0v) is 15.5. The molecule has 1 aliphatic heterocycles. The molecule has 0 bridgehead atoms. The van der Waals surface area contributed by atoms with Crippen molar-refractivity contribution in [3.05, 3.63) is 34.7 Å². The van der Waals surface area contributed by atoms with E-state index in [4.69, 9.17) is 0 Å². The number of hydrogen-bond acceptors (Lipinski definition) is 5. The van der Waals surface area contributed by atoms with Crippen molar-refractivity contribution >= 4 is 11.5 Å². The van der Waals surface area contributed by atoms with Crippen LogP contribution < -0.4 is 0 Å². The number of piperidine rings is 1. The van der Waals surface area contributed by atoms with Gasteiger partial charge >= 0.3 is 0 Å². The first-order valence-electron chi connectivity index (χ1n) is 9.42. The topological polar surface area (TPSA) is 77.2 Å². The Morgan fingerprint density at radius 3 is 2.58 bits per heavy atom. The van der Waals surface area contributed by atoms with Gasteiger partial charge < -0.3 is 10.0 Å². The molecular formula is C21H25N3O2. The molecule has 1 saturated carbocycles. The number of rotatable bonds is 3. The van der Waals surface area contributed by atoms with Gasteiger partial charge in [0.15, 0.2) is 5.78 Å². The Morgan fingerprint density at radius 1 is 1.31 bits per heavy atom. The summed E-state index contributed by atoms with van der Waals surface area (Å²) in [6.07, 6.45) is 6.89. The first-order chi connectivity index (χ1) is 12.4. The molecule has 4 rings (SSSR count). The average molecular weight is 351 g/mol. The molecule has 2 aliphatic carbocycles. The van der Waals surface area contributed by atoms with E-state index in [0.717, 1.165) is 48.4 Å². The molecule has 5 nitrogen and oxygen atoms in total. The lowest BCUT2D eigenvalue weighted by Crippen LogP contribution is -2.36. The van der Waals surface area contributed by atoms with E-state index < -0.39 is 5.41 Å². The number of Topliss-reactive ketones (excluding diaryl/α,β-unsaturated/α-hetero) is 1. The Hall–Kier alpha value is -2.19. The quantitative estimate of drug-likeness (QED) is 0.906. The van der Waals surface area contributed by atoms with E-state index in [2.05, 4.69) is 16.0 Å².